The third-order valence-corrected chi connectivity index (χ3v) is 2.26. The summed E-state index contributed by atoms with van der Waals surface area (Å²) in [5, 5.41) is 0. The van der Waals surface area contributed by atoms with Crippen LogP contribution in [0.4, 0.5) is 13.2 Å². The standard InChI is InChI=1S/C10H10BrF3O2/c11-7-2-1-3-8(10(7)14)16-5-4-15-6-9(12)13/h1-3,9H,4-6H2. The van der Waals surface area contributed by atoms with Crippen LogP contribution >= 0.6 is 15.9 Å². The molecule has 2 nitrogen and oxygen atoms in total. The maximum absolute atomic E-state index is 13.3. The molecule has 0 heterocycles. The summed E-state index contributed by atoms with van der Waals surface area (Å²) in [5.74, 6) is -0.452. The lowest BCUT2D eigenvalue weighted by Gasteiger charge is -2.08. The molecule has 16 heavy (non-hydrogen) atoms. The van der Waals surface area contributed by atoms with Gasteiger partial charge in [0.15, 0.2) is 11.6 Å². The van der Waals surface area contributed by atoms with E-state index in [1.807, 2.05) is 0 Å². The van der Waals surface area contributed by atoms with Crippen molar-refractivity contribution in [3.63, 3.8) is 0 Å². The van der Waals surface area contributed by atoms with E-state index in [2.05, 4.69) is 20.7 Å². The minimum atomic E-state index is -2.50. The van der Waals surface area contributed by atoms with Crippen LogP contribution in [0, 0.1) is 5.82 Å². The van der Waals surface area contributed by atoms with Crippen LogP contribution in [0.15, 0.2) is 22.7 Å². The molecule has 0 aliphatic carbocycles. The minimum Gasteiger partial charge on any atom is -0.488 e. The monoisotopic (exact) mass is 298 g/mol. The molecule has 1 aromatic rings. The van der Waals surface area contributed by atoms with E-state index < -0.39 is 18.8 Å². The Hall–Kier alpha value is -0.750. The van der Waals surface area contributed by atoms with E-state index in [0.29, 0.717) is 4.47 Å². The second-order valence-corrected chi connectivity index (χ2v) is 3.72. The molecule has 0 atom stereocenters. The van der Waals surface area contributed by atoms with Gasteiger partial charge >= 0.3 is 0 Å². The van der Waals surface area contributed by atoms with Gasteiger partial charge < -0.3 is 9.47 Å². The summed E-state index contributed by atoms with van der Waals surface area (Å²) in [6.07, 6.45) is -2.50. The van der Waals surface area contributed by atoms with Crippen LogP contribution in [-0.2, 0) is 4.74 Å². The first-order valence-corrected chi connectivity index (χ1v) is 5.33. The van der Waals surface area contributed by atoms with E-state index in [1.54, 1.807) is 6.07 Å². The van der Waals surface area contributed by atoms with Crippen molar-refractivity contribution in [2.24, 2.45) is 0 Å². The molecule has 0 bridgehead atoms. The molecule has 0 amide bonds. The maximum Gasteiger partial charge on any atom is 0.261 e. The Kier molecular flexibility index (Phi) is 5.62. The zero-order valence-corrected chi connectivity index (χ0v) is 9.85. The summed E-state index contributed by atoms with van der Waals surface area (Å²) in [5.41, 5.74) is 0. The van der Waals surface area contributed by atoms with Crippen LogP contribution in [-0.4, -0.2) is 26.2 Å². The molecule has 6 heteroatoms. The molecule has 90 valence electrons. The molecule has 0 spiro atoms. The molecule has 0 aliphatic heterocycles. The molecule has 1 aromatic carbocycles. The number of ether oxygens (including phenoxy) is 2. The molecule has 0 aliphatic rings. The fraction of sp³-hybridized carbons (Fsp3) is 0.400. The fourth-order valence-electron chi connectivity index (χ4n) is 0.978. The van der Waals surface area contributed by atoms with E-state index in [9.17, 15) is 13.2 Å². The van der Waals surface area contributed by atoms with E-state index in [-0.39, 0.29) is 19.0 Å². The van der Waals surface area contributed by atoms with Crippen molar-refractivity contribution in [2.45, 2.75) is 6.43 Å². The minimum absolute atomic E-state index is 0.00368. The van der Waals surface area contributed by atoms with Crippen molar-refractivity contribution in [1.29, 1.82) is 0 Å². The van der Waals surface area contributed by atoms with Crippen LogP contribution in [0.3, 0.4) is 0 Å². The second-order valence-electron chi connectivity index (χ2n) is 2.87. The van der Waals surface area contributed by atoms with Gasteiger partial charge in [0.1, 0.15) is 13.2 Å². The summed E-state index contributed by atoms with van der Waals surface area (Å²) in [6.45, 7) is -0.610. The quantitative estimate of drug-likeness (QED) is 0.751. The highest BCUT2D eigenvalue weighted by atomic mass is 79.9. The molecular formula is C10H10BrF3O2. The molecule has 0 N–H and O–H groups in total. The molecule has 0 fully saturated rings. The first kappa shape index (κ1) is 13.3. The van der Waals surface area contributed by atoms with Crippen LogP contribution < -0.4 is 4.74 Å². The Morgan fingerprint density at radius 3 is 2.69 bits per heavy atom. The first-order valence-electron chi connectivity index (χ1n) is 4.54. The topological polar surface area (TPSA) is 18.5 Å². The first-order chi connectivity index (χ1) is 7.61. The van der Waals surface area contributed by atoms with Crippen molar-refractivity contribution in [1.82, 2.24) is 0 Å². The van der Waals surface area contributed by atoms with E-state index in [1.165, 1.54) is 12.1 Å². The molecule has 0 saturated carbocycles. The van der Waals surface area contributed by atoms with Gasteiger partial charge in [0.2, 0.25) is 0 Å². The van der Waals surface area contributed by atoms with Crippen LogP contribution in [0.2, 0.25) is 0 Å². The molecule has 1 rings (SSSR count). The number of alkyl halides is 2. The van der Waals surface area contributed by atoms with Crippen LogP contribution in [0.25, 0.3) is 0 Å². The number of hydrogen-bond donors (Lipinski definition) is 0. The largest absolute Gasteiger partial charge is 0.488 e. The highest BCUT2D eigenvalue weighted by Crippen LogP contribution is 2.24. The van der Waals surface area contributed by atoms with Crippen molar-refractivity contribution in [3.05, 3.63) is 28.5 Å². The van der Waals surface area contributed by atoms with Crippen molar-refractivity contribution >= 4 is 15.9 Å². The second kappa shape index (κ2) is 6.75. The maximum atomic E-state index is 13.3. The Labute approximate surface area is 99.5 Å². The zero-order valence-electron chi connectivity index (χ0n) is 8.26. The van der Waals surface area contributed by atoms with Gasteiger partial charge in [-0.25, -0.2) is 13.2 Å². The number of hydrogen-bond acceptors (Lipinski definition) is 2. The number of halogens is 4. The lowest BCUT2D eigenvalue weighted by molar-refractivity contribution is 0.00728. The highest BCUT2D eigenvalue weighted by Gasteiger charge is 2.07. The zero-order chi connectivity index (χ0) is 12.0. The molecule has 0 saturated heterocycles. The van der Waals surface area contributed by atoms with Gasteiger partial charge in [-0.15, -0.1) is 0 Å². The Morgan fingerprint density at radius 2 is 2.00 bits per heavy atom. The predicted octanol–water partition coefficient (Wildman–Crippen LogP) is 3.25. The summed E-state index contributed by atoms with van der Waals surface area (Å²) in [7, 11) is 0. The van der Waals surface area contributed by atoms with Crippen molar-refractivity contribution < 1.29 is 22.6 Å². The van der Waals surface area contributed by atoms with Gasteiger partial charge in [-0.1, -0.05) is 6.07 Å². The highest BCUT2D eigenvalue weighted by molar-refractivity contribution is 9.10. The molecule has 0 unspecified atom stereocenters. The van der Waals surface area contributed by atoms with Gasteiger partial charge in [-0.2, -0.15) is 0 Å². The molecule has 0 radical (unpaired) electrons. The van der Waals surface area contributed by atoms with Gasteiger partial charge in [0.25, 0.3) is 6.43 Å². The SMILES string of the molecule is Fc1c(Br)cccc1OCCOCC(F)F. The van der Waals surface area contributed by atoms with E-state index in [0.717, 1.165) is 0 Å². The average Bonchev–Trinajstić information content (AvgIpc) is 2.23. The van der Waals surface area contributed by atoms with Crippen molar-refractivity contribution in [2.75, 3.05) is 19.8 Å². The number of benzene rings is 1. The van der Waals surface area contributed by atoms with Gasteiger partial charge in [-0.3, -0.25) is 0 Å². The molecule has 0 aromatic heterocycles. The Morgan fingerprint density at radius 1 is 1.25 bits per heavy atom. The van der Waals surface area contributed by atoms with E-state index >= 15 is 0 Å². The Bertz CT molecular complexity index is 334. The van der Waals surface area contributed by atoms with Crippen LogP contribution in [0.5, 0.6) is 5.75 Å². The lowest BCUT2D eigenvalue weighted by Crippen LogP contribution is -2.11. The third-order valence-electron chi connectivity index (χ3n) is 1.65. The smallest absolute Gasteiger partial charge is 0.261 e. The van der Waals surface area contributed by atoms with Gasteiger partial charge in [-0.05, 0) is 28.1 Å². The summed E-state index contributed by atoms with van der Waals surface area (Å²) >= 11 is 3.00. The third kappa shape index (κ3) is 4.40. The van der Waals surface area contributed by atoms with Gasteiger partial charge in [0, 0.05) is 0 Å². The molecular weight excluding hydrogens is 289 g/mol. The number of rotatable bonds is 6. The average molecular weight is 299 g/mol. The summed E-state index contributed by atoms with van der Waals surface area (Å²) < 4.78 is 46.5. The van der Waals surface area contributed by atoms with E-state index in [4.69, 9.17) is 4.74 Å². The predicted molar refractivity (Wildman–Crippen MR) is 56.4 cm³/mol. The summed E-state index contributed by atoms with van der Waals surface area (Å²) in [4.78, 5) is 0. The van der Waals surface area contributed by atoms with Crippen LogP contribution in [0.1, 0.15) is 0 Å². The lowest BCUT2D eigenvalue weighted by atomic mass is 10.3. The fourth-order valence-corrected chi connectivity index (χ4v) is 1.33. The van der Waals surface area contributed by atoms with Gasteiger partial charge in [0.05, 0.1) is 11.1 Å². The summed E-state index contributed by atoms with van der Waals surface area (Å²) in [6, 6.07) is 4.60. The normalized spacial score (nSPS) is 10.8. The Balaban J connectivity index is 2.29. The van der Waals surface area contributed by atoms with Crippen molar-refractivity contribution in [3.8, 4) is 5.75 Å².